The fraction of sp³-hybridized carbons (Fsp3) is 0.455. The molecule has 1 heterocycles. The highest BCUT2D eigenvalue weighted by Crippen LogP contribution is 2.19. The Morgan fingerprint density at radius 3 is 2.53 bits per heavy atom. The van der Waals surface area contributed by atoms with Gasteiger partial charge in [0.25, 0.3) is 0 Å². The van der Waals surface area contributed by atoms with Crippen LogP contribution in [0.3, 0.4) is 0 Å². The van der Waals surface area contributed by atoms with E-state index < -0.39 is 10.0 Å². The standard InChI is InChI=1S/C11H14NO2S/c13-15(14,11-7-3-1-4-8-11)12-9-5-2-6-10-12/h1,3,7-8H,2,5-6,9-10H2. The third-order valence-electron chi connectivity index (χ3n) is 2.63. The van der Waals surface area contributed by atoms with E-state index in [2.05, 4.69) is 6.07 Å². The van der Waals surface area contributed by atoms with Gasteiger partial charge in [-0.05, 0) is 31.0 Å². The summed E-state index contributed by atoms with van der Waals surface area (Å²) in [6.45, 7) is 1.30. The first-order chi connectivity index (χ1) is 7.21. The van der Waals surface area contributed by atoms with Crippen LogP contribution >= 0.6 is 0 Å². The van der Waals surface area contributed by atoms with Crippen molar-refractivity contribution >= 4 is 10.0 Å². The molecule has 0 atom stereocenters. The molecule has 1 aliphatic rings. The van der Waals surface area contributed by atoms with Crippen molar-refractivity contribution in [1.82, 2.24) is 4.31 Å². The SMILES string of the molecule is O=S(=O)(c1c[c]ccc1)N1CCCCC1. The zero-order valence-electron chi connectivity index (χ0n) is 8.52. The molecule has 0 aliphatic carbocycles. The second kappa shape index (κ2) is 4.33. The Morgan fingerprint density at radius 2 is 1.93 bits per heavy atom. The summed E-state index contributed by atoms with van der Waals surface area (Å²) in [5.74, 6) is 0. The summed E-state index contributed by atoms with van der Waals surface area (Å²) in [6.07, 6.45) is 3.07. The smallest absolute Gasteiger partial charge is 0.207 e. The van der Waals surface area contributed by atoms with Gasteiger partial charge >= 0.3 is 0 Å². The first kappa shape index (κ1) is 10.6. The zero-order valence-corrected chi connectivity index (χ0v) is 9.33. The Kier molecular flexibility index (Phi) is 3.07. The van der Waals surface area contributed by atoms with E-state index in [1.165, 1.54) is 6.07 Å². The van der Waals surface area contributed by atoms with Crippen molar-refractivity contribution in [3.05, 3.63) is 30.3 Å². The molecule has 2 rings (SSSR count). The highest BCUT2D eigenvalue weighted by Gasteiger charge is 2.25. The maximum atomic E-state index is 12.1. The van der Waals surface area contributed by atoms with Crippen LogP contribution < -0.4 is 0 Å². The Labute approximate surface area is 90.8 Å². The molecule has 81 valence electrons. The van der Waals surface area contributed by atoms with Gasteiger partial charge in [0.1, 0.15) is 0 Å². The van der Waals surface area contributed by atoms with Crippen LogP contribution in [0, 0.1) is 6.07 Å². The van der Waals surface area contributed by atoms with E-state index >= 15 is 0 Å². The van der Waals surface area contributed by atoms with Crippen molar-refractivity contribution < 1.29 is 8.42 Å². The normalized spacial score (nSPS) is 18.9. The van der Waals surface area contributed by atoms with E-state index in [9.17, 15) is 8.42 Å². The number of hydrogen-bond donors (Lipinski definition) is 0. The van der Waals surface area contributed by atoms with Gasteiger partial charge in [0, 0.05) is 13.1 Å². The lowest BCUT2D eigenvalue weighted by molar-refractivity contribution is 0.346. The maximum absolute atomic E-state index is 12.1. The monoisotopic (exact) mass is 224 g/mol. The fourth-order valence-corrected chi connectivity index (χ4v) is 3.30. The van der Waals surface area contributed by atoms with Crippen LogP contribution in [0.5, 0.6) is 0 Å². The van der Waals surface area contributed by atoms with E-state index in [0.717, 1.165) is 19.3 Å². The average molecular weight is 224 g/mol. The molecule has 0 aromatic heterocycles. The van der Waals surface area contributed by atoms with Crippen LogP contribution in [-0.4, -0.2) is 25.8 Å². The van der Waals surface area contributed by atoms with Crippen molar-refractivity contribution in [2.45, 2.75) is 24.2 Å². The minimum atomic E-state index is -3.26. The van der Waals surface area contributed by atoms with E-state index in [1.807, 2.05) is 0 Å². The summed E-state index contributed by atoms with van der Waals surface area (Å²) in [6, 6.07) is 9.37. The summed E-state index contributed by atoms with van der Waals surface area (Å²) in [5.41, 5.74) is 0. The van der Waals surface area contributed by atoms with Crippen molar-refractivity contribution in [1.29, 1.82) is 0 Å². The number of benzene rings is 1. The Balaban J connectivity index is 2.26. The van der Waals surface area contributed by atoms with Crippen LogP contribution in [-0.2, 0) is 10.0 Å². The molecular formula is C11H14NO2S. The molecule has 1 aliphatic heterocycles. The highest BCUT2D eigenvalue weighted by molar-refractivity contribution is 7.89. The molecule has 0 unspecified atom stereocenters. The summed E-state index contributed by atoms with van der Waals surface area (Å²) < 4.78 is 25.8. The molecule has 1 fully saturated rings. The van der Waals surface area contributed by atoms with Crippen molar-refractivity contribution in [3.63, 3.8) is 0 Å². The molecule has 15 heavy (non-hydrogen) atoms. The topological polar surface area (TPSA) is 37.4 Å². The molecule has 1 aromatic carbocycles. The van der Waals surface area contributed by atoms with E-state index in [4.69, 9.17) is 0 Å². The average Bonchev–Trinajstić information content (AvgIpc) is 2.31. The minimum absolute atomic E-state index is 0.354. The molecule has 1 saturated heterocycles. The molecule has 4 heteroatoms. The minimum Gasteiger partial charge on any atom is -0.207 e. The van der Waals surface area contributed by atoms with Crippen molar-refractivity contribution in [2.24, 2.45) is 0 Å². The molecule has 1 aromatic rings. The quantitative estimate of drug-likeness (QED) is 0.766. The van der Waals surface area contributed by atoms with Gasteiger partial charge in [-0.1, -0.05) is 18.6 Å². The van der Waals surface area contributed by atoms with Gasteiger partial charge in [-0.25, -0.2) is 8.42 Å². The number of hydrogen-bond acceptors (Lipinski definition) is 2. The first-order valence-electron chi connectivity index (χ1n) is 5.17. The summed E-state index contributed by atoms with van der Waals surface area (Å²) >= 11 is 0. The number of piperidine rings is 1. The van der Waals surface area contributed by atoms with Gasteiger partial charge in [0.05, 0.1) is 4.90 Å². The Hall–Kier alpha value is -0.870. The van der Waals surface area contributed by atoms with Crippen molar-refractivity contribution in [3.8, 4) is 0 Å². The second-order valence-corrected chi connectivity index (χ2v) is 5.64. The zero-order chi connectivity index (χ0) is 10.7. The number of rotatable bonds is 2. The fourth-order valence-electron chi connectivity index (χ4n) is 1.79. The molecule has 0 N–H and O–H groups in total. The van der Waals surface area contributed by atoms with Crippen LogP contribution in [0.15, 0.2) is 29.2 Å². The molecular weight excluding hydrogens is 210 g/mol. The van der Waals surface area contributed by atoms with Crippen molar-refractivity contribution in [2.75, 3.05) is 13.1 Å². The van der Waals surface area contributed by atoms with E-state index in [0.29, 0.717) is 18.0 Å². The van der Waals surface area contributed by atoms with Crippen LogP contribution in [0.1, 0.15) is 19.3 Å². The molecule has 0 amide bonds. The van der Waals surface area contributed by atoms with Crippen LogP contribution in [0.4, 0.5) is 0 Å². The molecule has 0 saturated carbocycles. The molecule has 0 bridgehead atoms. The van der Waals surface area contributed by atoms with Gasteiger partial charge in [-0.3, -0.25) is 0 Å². The van der Waals surface area contributed by atoms with Gasteiger partial charge in [-0.2, -0.15) is 4.31 Å². The third kappa shape index (κ3) is 2.21. The first-order valence-corrected chi connectivity index (χ1v) is 6.61. The van der Waals surface area contributed by atoms with Gasteiger partial charge < -0.3 is 0 Å². The van der Waals surface area contributed by atoms with Crippen LogP contribution in [0.25, 0.3) is 0 Å². The van der Waals surface area contributed by atoms with Gasteiger partial charge in [0.15, 0.2) is 0 Å². The summed E-state index contributed by atoms with van der Waals surface area (Å²) in [4.78, 5) is 0.354. The lowest BCUT2D eigenvalue weighted by atomic mass is 10.2. The lowest BCUT2D eigenvalue weighted by Crippen LogP contribution is -2.35. The lowest BCUT2D eigenvalue weighted by Gasteiger charge is -2.25. The van der Waals surface area contributed by atoms with E-state index in [-0.39, 0.29) is 0 Å². The number of nitrogens with zero attached hydrogens (tertiary/aromatic N) is 1. The van der Waals surface area contributed by atoms with Gasteiger partial charge in [0.2, 0.25) is 10.0 Å². The van der Waals surface area contributed by atoms with E-state index in [1.54, 1.807) is 22.5 Å². The predicted octanol–water partition coefficient (Wildman–Crippen LogP) is 1.66. The Bertz CT molecular complexity index is 407. The second-order valence-electron chi connectivity index (χ2n) is 3.70. The summed E-state index contributed by atoms with van der Waals surface area (Å²) in [5, 5.41) is 0. The highest BCUT2D eigenvalue weighted by atomic mass is 32.2. The number of sulfonamides is 1. The van der Waals surface area contributed by atoms with Crippen LogP contribution in [0.2, 0.25) is 0 Å². The largest absolute Gasteiger partial charge is 0.243 e. The third-order valence-corrected chi connectivity index (χ3v) is 4.53. The molecule has 1 radical (unpaired) electrons. The molecule has 0 spiro atoms. The molecule has 3 nitrogen and oxygen atoms in total. The Morgan fingerprint density at radius 1 is 1.20 bits per heavy atom. The predicted molar refractivity (Wildman–Crippen MR) is 57.9 cm³/mol. The van der Waals surface area contributed by atoms with Gasteiger partial charge in [-0.15, -0.1) is 0 Å². The summed E-state index contributed by atoms with van der Waals surface area (Å²) in [7, 11) is -3.26. The maximum Gasteiger partial charge on any atom is 0.243 e.